The second-order valence-corrected chi connectivity index (χ2v) is 7.43. The van der Waals surface area contributed by atoms with Crippen molar-refractivity contribution in [1.82, 2.24) is 4.72 Å². The van der Waals surface area contributed by atoms with E-state index in [-0.39, 0.29) is 29.7 Å². The molecule has 5 nitrogen and oxygen atoms in total. The summed E-state index contributed by atoms with van der Waals surface area (Å²) in [6, 6.07) is 14.4. The molecule has 1 unspecified atom stereocenters. The third-order valence-electron chi connectivity index (χ3n) is 3.96. The number of rotatable bonds is 5. The van der Waals surface area contributed by atoms with E-state index in [1.54, 1.807) is 4.90 Å². The fourth-order valence-corrected chi connectivity index (χ4v) is 3.94. The summed E-state index contributed by atoms with van der Waals surface area (Å²) in [5, 5.41) is 0. The van der Waals surface area contributed by atoms with Crippen LogP contribution in [0.1, 0.15) is 6.42 Å². The molecule has 1 N–H and O–H groups in total. The van der Waals surface area contributed by atoms with E-state index in [4.69, 9.17) is 0 Å². The topological polar surface area (TPSA) is 66.5 Å². The smallest absolute Gasteiger partial charge is 0.243 e. The Kier molecular flexibility index (Phi) is 4.64. The Morgan fingerprint density at radius 2 is 1.75 bits per heavy atom. The highest BCUT2D eigenvalue weighted by atomic mass is 32.2. The number of halogens is 1. The van der Waals surface area contributed by atoms with Gasteiger partial charge in [0.2, 0.25) is 15.9 Å². The zero-order valence-electron chi connectivity index (χ0n) is 12.9. The molecule has 126 valence electrons. The number of sulfonamides is 1. The highest BCUT2D eigenvalue weighted by molar-refractivity contribution is 7.89. The monoisotopic (exact) mass is 348 g/mol. The van der Waals surface area contributed by atoms with Gasteiger partial charge in [-0.15, -0.1) is 0 Å². The van der Waals surface area contributed by atoms with Gasteiger partial charge in [-0.05, 0) is 30.2 Å². The molecule has 1 fully saturated rings. The van der Waals surface area contributed by atoms with E-state index in [1.165, 1.54) is 18.2 Å². The van der Waals surface area contributed by atoms with E-state index in [0.717, 1.165) is 11.8 Å². The summed E-state index contributed by atoms with van der Waals surface area (Å²) in [5.41, 5.74) is 0.793. The molecule has 3 rings (SSSR count). The molecule has 0 spiro atoms. The van der Waals surface area contributed by atoms with Crippen molar-refractivity contribution >= 4 is 21.6 Å². The number of hydrogen-bond donors (Lipinski definition) is 1. The fraction of sp³-hybridized carbons (Fsp3) is 0.235. The zero-order chi connectivity index (χ0) is 17.2. The Labute approximate surface area is 140 Å². The molecule has 1 saturated heterocycles. The minimum atomic E-state index is -3.93. The van der Waals surface area contributed by atoms with Crippen molar-refractivity contribution in [1.29, 1.82) is 0 Å². The lowest BCUT2D eigenvalue weighted by Gasteiger charge is -2.17. The van der Waals surface area contributed by atoms with Gasteiger partial charge in [-0.3, -0.25) is 4.79 Å². The lowest BCUT2D eigenvalue weighted by atomic mass is 10.1. The number of para-hydroxylation sites is 1. The van der Waals surface area contributed by atoms with Crippen LogP contribution in [0.4, 0.5) is 10.1 Å². The van der Waals surface area contributed by atoms with Gasteiger partial charge in [0, 0.05) is 25.2 Å². The first-order valence-corrected chi connectivity index (χ1v) is 9.05. The molecule has 0 radical (unpaired) electrons. The number of anilines is 1. The lowest BCUT2D eigenvalue weighted by molar-refractivity contribution is -0.117. The van der Waals surface area contributed by atoms with Gasteiger partial charge in [-0.2, -0.15) is 0 Å². The van der Waals surface area contributed by atoms with Gasteiger partial charge < -0.3 is 4.90 Å². The van der Waals surface area contributed by atoms with E-state index >= 15 is 0 Å². The summed E-state index contributed by atoms with van der Waals surface area (Å²) in [4.78, 5) is 13.4. The van der Waals surface area contributed by atoms with Crippen LogP contribution in [0.3, 0.4) is 0 Å². The van der Waals surface area contributed by atoms with Gasteiger partial charge in [-0.1, -0.05) is 30.3 Å². The molecule has 1 heterocycles. The summed E-state index contributed by atoms with van der Waals surface area (Å²) in [6.45, 7) is 0.522. The molecular weight excluding hydrogens is 331 g/mol. The fourth-order valence-electron chi connectivity index (χ4n) is 2.74. The molecule has 0 saturated carbocycles. The second kappa shape index (κ2) is 6.70. The zero-order valence-corrected chi connectivity index (χ0v) is 13.7. The number of hydrogen-bond acceptors (Lipinski definition) is 3. The first kappa shape index (κ1) is 16.6. The first-order chi connectivity index (χ1) is 11.5. The molecule has 1 aliphatic heterocycles. The van der Waals surface area contributed by atoms with Crippen molar-refractivity contribution in [2.45, 2.75) is 11.3 Å². The highest BCUT2D eigenvalue weighted by Gasteiger charge is 2.31. The minimum absolute atomic E-state index is 0.0451. The molecule has 2 aromatic carbocycles. The van der Waals surface area contributed by atoms with Crippen molar-refractivity contribution in [3.63, 3.8) is 0 Å². The van der Waals surface area contributed by atoms with Crippen molar-refractivity contribution < 1.29 is 17.6 Å². The number of carbonyl (C=O) groups is 1. The standard InChI is InChI=1S/C17H17FN2O3S/c18-15-8-4-5-9-16(15)24(22,23)19-11-13-10-17(21)20(12-13)14-6-2-1-3-7-14/h1-9,13,19H,10-12H2. The van der Waals surface area contributed by atoms with E-state index in [1.807, 2.05) is 30.3 Å². The Morgan fingerprint density at radius 3 is 2.46 bits per heavy atom. The third kappa shape index (κ3) is 3.47. The number of amides is 1. The summed E-state index contributed by atoms with van der Waals surface area (Å²) in [7, 11) is -3.93. The molecule has 1 aliphatic rings. The van der Waals surface area contributed by atoms with E-state index < -0.39 is 15.8 Å². The van der Waals surface area contributed by atoms with Crippen LogP contribution in [0.25, 0.3) is 0 Å². The van der Waals surface area contributed by atoms with Gasteiger partial charge in [0.05, 0.1) is 0 Å². The Bertz CT molecular complexity index is 840. The van der Waals surface area contributed by atoms with E-state index in [2.05, 4.69) is 4.72 Å². The van der Waals surface area contributed by atoms with Gasteiger partial charge in [0.15, 0.2) is 0 Å². The van der Waals surface area contributed by atoms with E-state index in [9.17, 15) is 17.6 Å². The molecule has 2 aromatic rings. The normalized spacial score (nSPS) is 18.1. The third-order valence-corrected chi connectivity index (χ3v) is 5.42. The molecule has 1 atom stereocenters. The number of nitrogens with zero attached hydrogens (tertiary/aromatic N) is 1. The number of carbonyl (C=O) groups excluding carboxylic acids is 1. The maximum absolute atomic E-state index is 13.6. The average molecular weight is 348 g/mol. The van der Waals surface area contributed by atoms with Crippen LogP contribution in [0.2, 0.25) is 0 Å². The summed E-state index contributed by atoms with van der Waals surface area (Å²) < 4.78 is 40.4. The second-order valence-electron chi connectivity index (χ2n) is 5.69. The summed E-state index contributed by atoms with van der Waals surface area (Å²) >= 11 is 0. The van der Waals surface area contributed by atoms with Crippen LogP contribution in [0, 0.1) is 11.7 Å². The minimum Gasteiger partial charge on any atom is -0.312 e. The molecule has 1 amide bonds. The molecule has 7 heteroatoms. The lowest BCUT2D eigenvalue weighted by Crippen LogP contribution is -2.31. The Hall–Kier alpha value is -2.25. The van der Waals surface area contributed by atoms with Crippen molar-refractivity contribution in [2.24, 2.45) is 5.92 Å². The summed E-state index contributed by atoms with van der Waals surface area (Å²) in [6.07, 6.45) is 0.259. The quantitative estimate of drug-likeness (QED) is 0.900. The molecule has 24 heavy (non-hydrogen) atoms. The van der Waals surface area contributed by atoms with Crippen molar-refractivity contribution in [3.8, 4) is 0 Å². The maximum atomic E-state index is 13.6. The van der Waals surface area contributed by atoms with Crippen molar-refractivity contribution in [2.75, 3.05) is 18.0 Å². The largest absolute Gasteiger partial charge is 0.312 e. The summed E-state index contributed by atoms with van der Waals surface area (Å²) in [5.74, 6) is -0.992. The highest BCUT2D eigenvalue weighted by Crippen LogP contribution is 2.24. The van der Waals surface area contributed by atoms with Crippen LogP contribution < -0.4 is 9.62 Å². The first-order valence-electron chi connectivity index (χ1n) is 7.57. The van der Waals surface area contributed by atoms with Crippen LogP contribution in [-0.2, 0) is 14.8 Å². The van der Waals surface area contributed by atoms with Crippen molar-refractivity contribution in [3.05, 3.63) is 60.4 Å². The van der Waals surface area contributed by atoms with Gasteiger partial charge in [-0.25, -0.2) is 17.5 Å². The predicted octanol–water partition coefficient (Wildman–Crippen LogP) is 2.16. The molecule has 0 aromatic heterocycles. The number of nitrogens with one attached hydrogen (secondary N) is 1. The van der Waals surface area contributed by atoms with Gasteiger partial charge in [0.25, 0.3) is 0 Å². The van der Waals surface area contributed by atoms with Crippen LogP contribution in [-0.4, -0.2) is 27.4 Å². The van der Waals surface area contributed by atoms with Gasteiger partial charge in [0.1, 0.15) is 10.7 Å². The van der Waals surface area contributed by atoms with Crippen LogP contribution in [0.15, 0.2) is 59.5 Å². The average Bonchev–Trinajstić information content (AvgIpc) is 2.95. The Balaban J connectivity index is 1.66. The van der Waals surface area contributed by atoms with E-state index in [0.29, 0.717) is 6.54 Å². The predicted molar refractivity (Wildman–Crippen MR) is 88.5 cm³/mol. The molecule has 0 aliphatic carbocycles. The molecular formula is C17H17FN2O3S. The van der Waals surface area contributed by atoms with Gasteiger partial charge >= 0.3 is 0 Å². The van der Waals surface area contributed by atoms with Crippen LogP contribution >= 0.6 is 0 Å². The maximum Gasteiger partial charge on any atom is 0.243 e. The number of benzene rings is 2. The van der Waals surface area contributed by atoms with Crippen LogP contribution in [0.5, 0.6) is 0 Å². The Morgan fingerprint density at radius 1 is 1.08 bits per heavy atom. The SMILES string of the molecule is O=C1CC(CNS(=O)(=O)c2ccccc2F)CN1c1ccccc1. The molecule has 0 bridgehead atoms.